The summed E-state index contributed by atoms with van der Waals surface area (Å²) in [5.74, 6) is -0.483. The molecule has 2 N–H and O–H groups in total. The number of pyridine rings is 1. The van der Waals surface area contributed by atoms with Crippen LogP contribution in [0.4, 0.5) is 5.88 Å². The molecule has 7 rings (SSSR count). The number of fused-ring (bicyclic) bond motifs is 2. The predicted molar refractivity (Wildman–Crippen MR) is 208 cm³/mol. The summed E-state index contributed by atoms with van der Waals surface area (Å²) in [6, 6.07) is 6.08. The van der Waals surface area contributed by atoms with Crippen molar-refractivity contribution in [2.45, 2.75) is 117 Å². The summed E-state index contributed by atoms with van der Waals surface area (Å²) in [5, 5.41) is 18.5. The van der Waals surface area contributed by atoms with E-state index in [1.54, 1.807) is 24.3 Å². The van der Waals surface area contributed by atoms with E-state index in [-0.39, 0.29) is 60.6 Å². The minimum atomic E-state index is -1.15. The van der Waals surface area contributed by atoms with Crippen LogP contribution < -0.4 is 14.8 Å². The SMILES string of the molecule is CC[C@@H]1C[C@]1(CC(=O)[C@@H]1C[C@@H](Oc2cc(-c3cc(NC(C)C)on3)nc3c(Cl)c(OC)ccc23)CN1C(=O)[C@@H](CC(=O)OC1C[C@@H]2C[C@@H]2C1)C(C)(C)C)C(=O)O. The van der Waals surface area contributed by atoms with Crippen molar-refractivity contribution in [2.24, 2.45) is 34.5 Å². The van der Waals surface area contributed by atoms with Crippen molar-refractivity contribution in [3.05, 3.63) is 29.3 Å². The topological polar surface area (TPSA) is 170 Å². The van der Waals surface area contributed by atoms with Gasteiger partial charge in [-0.1, -0.05) is 50.9 Å². The first-order valence-corrected chi connectivity index (χ1v) is 20.2. The van der Waals surface area contributed by atoms with Gasteiger partial charge < -0.3 is 34.1 Å². The Balaban J connectivity index is 1.20. The van der Waals surface area contributed by atoms with E-state index in [1.807, 2.05) is 41.5 Å². The highest BCUT2D eigenvalue weighted by atomic mass is 35.5. The number of benzene rings is 1. The Morgan fingerprint density at radius 3 is 2.41 bits per heavy atom. The summed E-state index contributed by atoms with van der Waals surface area (Å²) < 4.78 is 23.6. The number of methoxy groups -OCH3 is 1. The molecule has 0 radical (unpaired) electrons. The first-order chi connectivity index (χ1) is 26.5. The van der Waals surface area contributed by atoms with Crippen LogP contribution in [0.25, 0.3) is 22.3 Å². The molecular weight excluding hydrogens is 740 g/mol. The van der Waals surface area contributed by atoms with Crippen molar-refractivity contribution >= 4 is 52.0 Å². The van der Waals surface area contributed by atoms with Gasteiger partial charge in [-0.2, -0.15) is 0 Å². The minimum absolute atomic E-state index is 0.0373. The van der Waals surface area contributed by atoms with Gasteiger partial charge >= 0.3 is 11.9 Å². The van der Waals surface area contributed by atoms with E-state index in [2.05, 4.69) is 10.5 Å². The number of halogens is 1. The second-order valence-electron chi connectivity index (χ2n) is 17.7. The largest absolute Gasteiger partial charge is 0.495 e. The number of ketones is 1. The molecule has 1 saturated heterocycles. The van der Waals surface area contributed by atoms with Crippen LogP contribution in [0.1, 0.15) is 92.9 Å². The van der Waals surface area contributed by atoms with E-state index < -0.39 is 40.8 Å². The van der Waals surface area contributed by atoms with Gasteiger partial charge in [-0.05, 0) is 74.8 Å². The zero-order valence-corrected chi connectivity index (χ0v) is 34.0. The first-order valence-electron chi connectivity index (χ1n) is 19.8. The molecule has 3 aliphatic carbocycles. The summed E-state index contributed by atoms with van der Waals surface area (Å²) in [7, 11) is 1.51. The second-order valence-corrected chi connectivity index (χ2v) is 18.1. The second kappa shape index (κ2) is 15.2. The molecule has 1 amide bonds. The summed E-state index contributed by atoms with van der Waals surface area (Å²) >= 11 is 6.81. The first kappa shape index (κ1) is 39.8. The van der Waals surface area contributed by atoms with Crippen LogP contribution in [0.15, 0.2) is 28.8 Å². The van der Waals surface area contributed by atoms with E-state index in [9.17, 15) is 24.3 Å². The molecule has 8 atom stereocenters. The molecule has 0 bridgehead atoms. The highest BCUT2D eigenvalue weighted by molar-refractivity contribution is 6.36. The maximum absolute atomic E-state index is 14.7. The Kier molecular flexibility index (Phi) is 10.8. The van der Waals surface area contributed by atoms with E-state index in [0.717, 1.165) is 12.8 Å². The average Bonchev–Trinajstić information content (AvgIpc) is 3.80. The molecule has 56 heavy (non-hydrogen) atoms. The van der Waals surface area contributed by atoms with Crippen molar-refractivity contribution in [3.8, 4) is 22.9 Å². The lowest BCUT2D eigenvalue weighted by molar-refractivity contribution is -0.157. The van der Waals surface area contributed by atoms with Crippen LogP contribution in [0.5, 0.6) is 11.5 Å². The number of carbonyl (C=O) groups is 4. The molecule has 1 aliphatic heterocycles. The van der Waals surface area contributed by atoms with Crippen LogP contribution >= 0.6 is 11.6 Å². The number of nitrogens with one attached hydrogen (secondary N) is 1. The van der Waals surface area contributed by atoms with Gasteiger partial charge in [0.15, 0.2) is 5.78 Å². The van der Waals surface area contributed by atoms with Gasteiger partial charge in [-0.25, -0.2) is 4.98 Å². The number of aromatic nitrogens is 2. The maximum Gasteiger partial charge on any atom is 0.310 e. The Labute approximate surface area is 332 Å². The number of nitrogens with zero attached hydrogens (tertiary/aromatic N) is 3. The molecular formula is C42H53ClN4O9. The lowest BCUT2D eigenvalue weighted by Gasteiger charge is -2.35. The molecule has 13 nitrogen and oxygen atoms in total. The lowest BCUT2D eigenvalue weighted by atomic mass is 9.77. The average molecular weight is 793 g/mol. The molecule has 4 fully saturated rings. The third-order valence-corrected chi connectivity index (χ3v) is 12.7. The number of Topliss-reactive ketones (excluding diaryl/α,β-unsaturated/α-hetero) is 1. The fourth-order valence-corrected chi connectivity index (χ4v) is 9.26. The number of hydrogen-bond acceptors (Lipinski definition) is 11. The van der Waals surface area contributed by atoms with Gasteiger partial charge in [0.1, 0.15) is 34.4 Å². The molecule has 14 heteroatoms. The van der Waals surface area contributed by atoms with Gasteiger partial charge in [-0.3, -0.25) is 19.2 Å². The van der Waals surface area contributed by atoms with Gasteiger partial charge in [0, 0.05) is 36.4 Å². The van der Waals surface area contributed by atoms with E-state index in [0.29, 0.717) is 64.4 Å². The molecule has 3 saturated carbocycles. The van der Waals surface area contributed by atoms with Crippen LogP contribution in [0.3, 0.4) is 0 Å². The summed E-state index contributed by atoms with van der Waals surface area (Å²) in [6.45, 7) is 11.6. The Morgan fingerprint density at radius 2 is 1.79 bits per heavy atom. The number of likely N-dealkylation sites (tertiary alicyclic amines) is 1. The molecule has 3 heterocycles. The van der Waals surface area contributed by atoms with Gasteiger partial charge in [0.2, 0.25) is 11.8 Å². The molecule has 0 spiro atoms. The van der Waals surface area contributed by atoms with E-state index >= 15 is 0 Å². The number of rotatable bonds is 15. The molecule has 4 aliphatic rings. The predicted octanol–water partition coefficient (Wildman–Crippen LogP) is 7.57. The van der Waals surface area contributed by atoms with E-state index in [4.69, 9.17) is 35.3 Å². The van der Waals surface area contributed by atoms with Crippen molar-refractivity contribution in [3.63, 3.8) is 0 Å². The highest BCUT2D eigenvalue weighted by Crippen LogP contribution is 2.58. The number of carboxylic acids is 1. The lowest BCUT2D eigenvalue weighted by Crippen LogP contribution is -2.48. The smallest absolute Gasteiger partial charge is 0.310 e. The summed E-state index contributed by atoms with van der Waals surface area (Å²) in [6.07, 6.45) is 2.99. The number of carbonyl (C=O) groups excluding carboxylic acids is 3. The number of carboxylic acid groups (broad SMARTS) is 1. The zero-order valence-electron chi connectivity index (χ0n) is 33.2. The maximum atomic E-state index is 14.7. The van der Waals surface area contributed by atoms with Gasteiger partial charge in [0.05, 0.1) is 48.7 Å². The summed E-state index contributed by atoms with van der Waals surface area (Å²) in [4.78, 5) is 61.3. The molecule has 1 aromatic carbocycles. The number of aliphatic carboxylic acids is 1. The Hall–Kier alpha value is -4.39. The zero-order chi connectivity index (χ0) is 40.3. The quantitative estimate of drug-likeness (QED) is 0.145. The third kappa shape index (κ3) is 7.93. The van der Waals surface area contributed by atoms with Gasteiger partial charge in [0.25, 0.3) is 0 Å². The van der Waals surface area contributed by atoms with Crippen LogP contribution in [0.2, 0.25) is 5.02 Å². The van der Waals surface area contributed by atoms with Crippen LogP contribution in [-0.2, 0) is 23.9 Å². The fourth-order valence-electron chi connectivity index (χ4n) is 8.97. The minimum Gasteiger partial charge on any atom is -0.495 e. The molecule has 1 unspecified atom stereocenters. The standard InChI is InChI=1S/C42H53ClN4O9/c1-8-24-18-42(24,40(51)52)19-32(48)31-14-26(20-47(31)39(50)28(41(4,5)6)15-36(49)55-25-12-22-11-23(22)13-25)54-34-16-29(30-17-35(56-46-30)44-21(2)3)45-38-27(34)9-10-33(53-7)37(38)43/h9-10,16-17,21-26,28,31,44H,8,11-15,18-20H2,1-7H3,(H,51,52)/t22-,23+,24-,25?,26-,28-,31+,42-/m1/s1. The fraction of sp³-hybridized carbons (Fsp3) is 0.619. The summed E-state index contributed by atoms with van der Waals surface area (Å²) in [5.41, 5.74) is -0.568. The van der Waals surface area contributed by atoms with Crippen molar-refractivity contribution < 1.29 is 43.0 Å². The normalized spacial score (nSPS) is 27.2. The third-order valence-electron chi connectivity index (χ3n) is 12.3. The number of amides is 1. The van der Waals surface area contributed by atoms with Crippen molar-refractivity contribution in [1.82, 2.24) is 15.0 Å². The molecule has 302 valence electrons. The number of ether oxygens (including phenoxy) is 3. The number of hydrogen-bond donors (Lipinski definition) is 2. The Morgan fingerprint density at radius 1 is 1.05 bits per heavy atom. The number of esters is 1. The van der Waals surface area contributed by atoms with Gasteiger partial charge in [-0.15, -0.1) is 0 Å². The monoisotopic (exact) mass is 792 g/mol. The van der Waals surface area contributed by atoms with Crippen molar-refractivity contribution in [1.29, 1.82) is 0 Å². The molecule has 2 aromatic heterocycles. The Bertz CT molecular complexity index is 2020. The number of anilines is 1. The van der Waals surface area contributed by atoms with Crippen LogP contribution in [-0.4, -0.2) is 81.7 Å². The van der Waals surface area contributed by atoms with E-state index in [1.165, 1.54) is 18.4 Å². The molecule has 3 aromatic rings. The van der Waals surface area contributed by atoms with Crippen molar-refractivity contribution in [2.75, 3.05) is 19.0 Å². The highest BCUT2D eigenvalue weighted by Gasteiger charge is 2.61. The van der Waals surface area contributed by atoms with Crippen LogP contribution in [0, 0.1) is 34.5 Å².